The molecule has 1 amide bonds. The SMILES string of the molecule is CCCC/C=C\C/C=C\CCCCCCCC(=O)OCCCCCCCCCCCCCC/C=C\CCCCCCCCCCCC(=O)NC(CO)C(O)/C=C/CCCCCCCCC. The molecule has 0 aliphatic rings. The second kappa shape index (κ2) is 54.4. The van der Waals surface area contributed by atoms with E-state index in [1.165, 1.54) is 212 Å². The molecule has 0 aliphatic carbocycles. The average molecular weight is 913 g/mol. The van der Waals surface area contributed by atoms with Gasteiger partial charge in [-0.05, 0) is 83.5 Å². The molecule has 0 aliphatic heterocycles. The van der Waals surface area contributed by atoms with Gasteiger partial charge in [0, 0.05) is 12.8 Å². The molecule has 380 valence electrons. The van der Waals surface area contributed by atoms with Gasteiger partial charge in [0.2, 0.25) is 5.91 Å². The van der Waals surface area contributed by atoms with E-state index in [1.54, 1.807) is 6.08 Å². The number of unbranched alkanes of at least 4 members (excludes halogenated alkanes) is 35. The van der Waals surface area contributed by atoms with E-state index in [-0.39, 0.29) is 18.5 Å². The minimum atomic E-state index is -0.844. The summed E-state index contributed by atoms with van der Waals surface area (Å²) in [4.78, 5) is 24.4. The van der Waals surface area contributed by atoms with Crippen LogP contribution in [0.5, 0.6) is 0 Å². The zero-order valence-corrected chi connectivity index (χ0v) is 43.2. The Balaban J connectivity index is 3.40. The van der Waals surface area contributed by atoms with Crippen LogP contribution < -0.4 is 5.32 Å². The molecule has 0 radical (unpaired) electrons. The maximum atomic E-state index is 12.4. The van der Waals surface area contributed by atoms with E-state index in [9.17, 15) is 19.8 Å². The molecule has 0 saturated carbocycles. The lowest BCUT2D eigenvalue weighted by Crippen LogP contribution is -2.45. The maximum Gasteiger partial charge on any atom is 0.305 e. The number of nitrogens with one attached hydrogen (secondary N) is 1. The van der Waals surface area contributed by atoms with Crippen molar-refractivity contribution in [3.05, 3.63) is 48.6 Å². The molecule has 0 spiro atoms. The first-order chi connectivity index (χ1) is 32.0. The highest BCUT2D eigenvalue weighted by molar-refractivity contribution is 5.76. The number of ether oxygens (including phenoxy) is 1. The van der Waals surface area contributed by atoms with Crippen molar-refractivity contribution in [1.82, 2.24) is 5.32 Å². The number of esters is 1. The van der Waals surface area contributed by atoms with Crippen LogP contribution in [0.3, 0.4) is 0 Å². The molecular formula is C59H109NO5. The quantitative estimate of drug-likeness (QED) is 0.0321. The number of aliphatic hydroxyl groups is 2. The third kappa shape index (κ3) is 51.1. The minimum Gasteiger partial charge on any atom is -0.466 e. The summed E-state index contributed by atoms with van der Waals surface area (Å²) in [5.41, 5.74) is 0. The zero-order valence-electron chi connectivity index (χ0n) is 43.2. The van der Waals surface area contributed by atoms with Crippen molar-refractivity contribution in [3.63, 3.8) is 0 Å². The fraction of sp³-hybridized carbons (Fsp3) is 0.831. The Bertz CT molecular complexity index is 1100. The van der Waals surface area contributed by atoms with E-state index in [1.807, 2.05) is 6.08 Å². The number of hydrogen-bond acceptors (Lipinski definition) is 5. The fourth-order valence-electron chi connectivity index (χ4n) is 8.41. The number of carbonyl (C=O) groups is 2. The van der Waals surface area contributed by atoms with E-state index in [0.29, 0.717) is 19.4 Å². The van der Waals surface area contributed by atoms with Gasteiger partial charge in [-0.1, -0.05) is 242 Å². The van der Waals surface area contributed by atoms with Crippen LogP contribution in [0.15, 0.2) is 48.6 Å². The Labute approximate surface area is 404 Å². The number of hydrogen-bond donors (Lipinski definition) is 3. The van der Waals surface area contributed by atoms with E-state index in [2.05, 4.69) is 55.6 Å². The van der Waals surface area contributed by atoms with Crippen molar-refractivity contribution in [3.8, 4) is 0 Å². The van der Waals surface area contributed by atoms with Gasteiger partial charge in [0.15, 0.2) is 0 Å². The van der Waals surface area contributed by atoms with Crippen molar-refractivity contribution in [2.45, 2.75) is 302 Å². The molecule has 0 rings (SSSR count). The van der Waals surface area contributed by atoms with Gasteiger partial charge < -0.3 is 20.3 Å². The standard InChI is InChI=1S/C59H109NO5/c1-3-5-7-9-11-13-14-15-30-33-37-41-45-49-53-59(64)65-54-50-46-42-38-34-31-28-26-24-22-20-18-16-17-19-21-23-25-27-29-32-36-40-44-48-52-58(63)60-56(55-61)57(62)51-47-43-39-35-12-10-8-6-4-2/h9,11,14-15,17,19,47,51,56-57,61-62H,3-8,10,12-13,16,18,20-46,48-50,52-55H2,1-2H3,(H,60,63)/b11-9-,15-14-,19-17-,51-47+. The van der Waals surface area contributed by atoms with Crippen LogP contribution in [-0.2, 0) is 14.3 Å². The molecule has 3 N–H and O–H groups in total. The summed E-state index contributed by atoms with van der Waals surface area (Å²) in [7, 11) is 0. The Morgan fingerprint density at radius 2 is 0.785 bits per heavy atom. The fourth-order valence-corrected chi connectivity index (χ4v) is 8.41. The van der Waals surface area contributed by atoms with E-state index in [4.69, 9.17) is 4.74 Å². The molecule has 65 heavy (non-hydrogen) atoms. The third-order valence-electron chi connectivity index (χ3n) is 12.8. The number of carbonyl (C=O) groups excluding carboxylic acids is 2. The normalized spacial score (nSPS) is 13.0. The summed E-state index contributed by atoms with van der Waals surface area (Å²) in [5.74, 6) is -0.0770. The Morgan fingerprint density at radius 3 is 1.23 bits per heavy atom. The number of amides is 1. The molecule has 2 unspecified atom stereocenters. The van der Waals surface area contributed by atoms with Gasteiger partial charge in [0.1, 0.15) is 0 Å². The lowest BCUT2D eigenvalue weighted by Gasteiger charge is -2.20. The van der Waals surface area contributed by atoms with Gasteiger partial charge in [0.25, 0.3) is 0 Å². The van der Waals surface area contributed by atoms with Crippen LogP contribution >= 0.6 is 0 Å². The van der Waals surface area contributed by atoms with E-state index >= 15 is 0 Å². The Kier molecular flexibility index (Phi) is 52.6. The molecule has 0 bridgehead atoms. The van der Waals surface area contributed by atoms with Gasteiger partial charge in [-0.15, -0.1) is 0 Å². The molecule has 6 nitrogen and oxygen atoms in total. The lowest BCUT2D eigenvalue weighted by atomic mass is 10.0. The second-order valence-electron chi connectivity index (χ2n) is 19.3. The second-order valence-corrected chi connectivity index (χ2v) is 19.3. The van der Waals surface area contributed by atoms with Crippen LogP contribution in [0.1, 0.15) is 290 Å². The number of allylic oxidation sites excluding steroid dienone is 7. The average Bonchev–Trinajstić information content (AvgIpc) is 3.31. The molecule has 0 aromatic rings. The van der Waals surface area contributed by atoms with Gasteiger partial charge in [-0.3, -0.25) is 9.59 Å². The van der Waals surface area contributed by atoms with Crippen molar-refractivity contribution >= 4 is 11.9 Å². The maximum absolute atomic E-state index is 12.4. The molecule has 0 aromatic carbocycles. The lowest BCUT2D eigenvalue weighted by molar-refractivity contribution is -0.143. The molecule has 0 aromatic heterocycles. The summed E-state index contributed by atoms with van der Waals surface area (Å²) in [6.07, 6.45) is 68.6. The summed E-state index contributed by atoms with van der Waals surface area (Å²) in [5, 5.41) is 22.9. The first-order valence-corrected chi connectivity index (χ1v) is 28.4. The molecule has 0 fully saturated rings. The molecule has 6 heteroatoms. The van der Waals surface area contributed by atoms with Gasteiger partial charge in [-0.25, -0.2) is 0 Å². The minimum absolute atomic E-state index is 0.00246. The first kappa shape index (κ1) is 62.8. The highest BCUT2D eigenvalue weighted by Crippen LogP contribution is 2.16. The van der Waals surface area contributed by atoms with Crippen LogP contribution in [-0.4, -0.2) is 47.4 Å². The summed E-state index contributed by atoms with van der Waals surface area (Å²) in [6.45, 7) is 4.82. The number of rotatable bonds is 52. The molecule has 2 atom stereocenters. The van der Waals surface area contributed by atoms with Gasteiger partial charge in [-0.2, -0.15) is 0 Å². The van der Waals surface area contributed by atoms with Crippen LogP contribution in [0.25, 0.3) is 0 Å². The Hall–Kier alpha value is -2.18. The van der Waals surface area contributed by atoms with Crippen molar-refractivity contribution < 1.29 is 24.5 Å². The zero-order chi connectivity index (χ0) is 47.2. The Morgan fingerprint density at radius 1 is 0.431 bits per heavy atom. The first-order valence-electron chi connectivity index (χ1n) is 28.4. The van der Waals surface area contributed by atoms with Crippen molar-refractivity contribution in [1.29, 1.82) is 0 Å². The third-order valence-corrected chi connectivity index (χ3v) is 12.8. The monoisotopic (exact) mass is 912 g/mol. The highest BCUT2D eigenvalue weighted by atomic mass is 16.5. The summed E-state index contributed by atoms with van der Waals surface area (Å²) >= 11 is 0. The van der Waals surface area contributed by atoms with Gasteiger partial charge in [0.05, 0.1) is 25.4 Å². The number of aliphatic hydroxyl groups excluding tert-OH is 2. The molecular weight excluding hydrogens is 803 g/mol. The van der Waals surface area contributed by atoms with Crippen LogP contribution in [0.2, 0.25) is 0 Å². The van der Waals surface area contributed by atoms with Gasteiger partial charge >= 0.3 is 5.97 Å². The van der Waals surface area contributed by atoms with E-state index in [0.717, 1.165) is 51.4 Å². The molecule has 0 saturated heterocycles. The predicted octanol–water partition coefficient (Wildman–Crippen LogP) is 17.4. The molecule has 0 heterocycles. The van der Waals surface area contributed by atoms with E-state index < -0.39 is 12.1 Å². The van der Waals surface area contributed by atoms with Crippen LogP contribution in [0, 0.1) is 0 Å². The van der Waals surface area contributed by atoms with Crippen molar-refractivity contribution in [2.75, 3.05) is 13.2 Å². The highest BCUT2D eigenvalue weighted by Gasteiger charge is 2.18. The summed E-state index contributed by atoms with van der Waals surface area (Å²) < 4.78 is 5.47. The topological polar surface area (TPSA) is 95.9 Å². The van der Waals surface area contributed by atoms with Crippen LogP contribution in [0.4, 0.5) is 0 Å². The smallest absolute Gasteiger partial charge is 0.305 e. The predicted molar refractivity (Wildman–Crippen MR) is 282 cm³/mol. The largest absolute Gasteiger partial charge is 0.466 e. The van der Waals surface area contributed by atoms with Crippen molar-refractivity contribution in [2.24, 2.45) is 0 Å². The summed E-state index contributed by atoms with van der Waals surface area (Å²) in [6, 6.07) is -0.628.